The fourth-order valence-corrected chi connectivity index (χ4v) is 2.34. The molecule has 0 saturated carbocycles. The van der Waals surface area contributed by atoms with Gasteiger partial charge in [-0.05, 0) is 17.7 Å². The molecule has 118 valence electrons. The van der Waals surface area contributed by atoms with Gasteiger partial charge in [-0.3, -0.25) is 4.79 Å². The first kappa shape index (κ1) is 16.3. The number of carbonyl (C=O) groups excluding carboxylic acids is 1. The first-order valence-corrected chi connectivity index (χ1v) is 7.39. The van der Waals surface area contributed by atoms with E-state index in [0.717, 1.165) is 5.56 Å². The maximum Gasteiger partial charge on any atom is 0.272 e. The number of nitrogens with zero attached hydrogens (tertiary/aromatic N) is 1. The number of nitrogens with one attached hydrogen (secondary N) is 1. The Labute approximate surface area is 130 Å². The third kappa shape index (κ3) is 4.74. The van der Waals surface area contributed by atoms with Crippen molar-refractivity contribution in [3.05, 3.63) is 45.9 Å². The SMILES string of the molecule is NCc1nc(C(=O)NCc2cccc(OCC(F)F)c2)cs1. The van der Waals surface area contributed by atoms with Gasteiger partial charge < -0.3 is 15.8 Å². The van der Waals surface area contributed by atoms with E-state index in [-0.39, 0.29) is 12.5 Å². The van der Waals surface area contributed by atoms with Gasteiger partial charge in [-0.25, -0.2) is 13.8 Å². The third-order valence-corrected chi connectivity index (χ3v) is 3.56. The number of alkyl halides is 2. The maximum absolute atomic E-state index is 12.1. The zero-order chi connectivity index (χ0) is 15.9. The fraction of sp³-hybridized carbons (Fsp3) is 0.286. The van der Waals surface area contributed by atoms with E-state index >= 15 is 0 Å². The number of nitrogens with two attached hydrogens (primary N) is 1. The number of hydrogen-bond acceptors (Lipinski definition) is 5. The standard InChI is InChI=1S/C14H15F2N3O2S/c15-12(16)7-21-10-3-1-2-9(4-10)6-18-14(20)11-8-22-13(5-17)19-11/h1-4,8,12H,5-7,17H2,(H,18,20). The van der Waals surface area contributed by atoms with Crippen LogP contribution in [-0.4, -0.2) is 23.9 Å². The van der Waals surface area contributed by atoms with Crippen LogP contribution in [0.1, 0.15) is 21.1 Å². The van der Waals surface area contributed by atoms with E-state index in [1.807, 2.05) is 0 Å². The molecule has 0 unspecified atom stereocenters. The topological polar surface area (TPSA) is 77.2 Å². The van der Waals surface area contributed by atoms with Crippen LogP contribution in [0, 0.1) is 0 Å². The Balaban J connectivity index is 1.90. The van der Waals surface area contributed by atoms with Crippen molar-refractivity contribution in [2.45, 2.75) is 19.5 Å². The molecule has 1 aromatic heterocycles. The summed E-state index contributed by atoms with van der Waals surface area (Å²) in [7, 11) is 0. The highest BCUT2D eigenvalue weighted by Crippen LogP contribution is 2.14. The van der Waals surface area contributed by atoms with Crippen LogP contribution in [0.5, 0.6) is 5.75 Å². The van der Waals surface area contributed by atoms with Crippen molar-refractivity contribution in [3.63, 3.8) is 0 Å². The van der Waals surface area contributed by atoms with E-state index in [9.17, 15) is 13.6 Å². The zero-order valence-electron chi connectivity index (χ0n) is 11.6. The van der Waals surface area contributed by atoms with Crippen LogP contribution in [0.2, 0.25) is 0 Å². The molecule has 5 nitrogen and oxygen atoms in total. The van der Waals surface area contributed by atoms with Crippen molar-refractivity contribution in [1.29, 1.82) is 0 Å². The van der Waals surface area contributed by atoms with E-state index in [4.69, 9.17) is 10.5 Å². The molecule has 2 aromatic rings. The second kappa shape index (κ2) is 7.81. The molecule has 2 rings (SSSR count). The van der Waals surface area contributed by atoms with Gasteiger partial charge in [-0.2, -0.15) is 0 Å². The average Bonchev–Trinajstić information content (AvgIpc) is 3.00. The Morgan fingerprint density at radius 2 is 2.27 bits per heavy atom. The fourth-order valence-electron chi connectivity index (χ4n) is 1.69. The second-order valence-corrected chi connectivity index (χ2v) is 5.31. The highest BCUT2D eigenvalue weighted by atomic mass is 32.1. The first-order chi connectivity index (χ1) is 10.6. The maximum atomic E-state index is 12.1. The highest BCUT2D eigenvalue weighted by Gasteiger charge is 2.10. The number of hydrogen-bond donors (Lipinski definition) is 2. The van der Waals surface area contributed by atoms with Gasteiger partial charge in [0, 0.05) is 18.5 Å². The summed E-state index contributed by atoms with van der Waals surface area (Å²) in [6, 6.07) is 6.64. The Morgan fingerprint density at radius 1 is 1.45 bits per heavy atom. The number of aromatic nitrogens is 1. The minimum Gasteiger partial charge on any atom is -0.488 e. The molecule has 0 radical (unpaired) electrons. The van der Waals surface area contributed by atoms with Crippen LogP contribution < -0.4 is 15.8 Å². The van der Waals surface area contributed by atoms with Crippen LogP contribution in [0.3, 0.4) is 0 Å². The second-order valence-electron chi connectivity index (χ2n) is 4.36. The van der Waals surface area contributed by atoms with Crippen LogP contribution >= 0.6 is 11.3 Å². The molecule has 0 aliphatic heterocycles. The molecule has 0 aliphatic rings. The summed E-state index contributed by atoms with van der Waals surface area (Å²) in [5.74, 6) is 0.0287. The molecule has 0 saturated heterocycles. The molecule has 0 spiro atoms. The van der Waals surface area contributed by atoms with E-state index in [1.54, 1.807) is 29.6 Å². The number of rotatable bonds is 7. The van der Waals surface area contributed by atoms with Crippen molar-refractivity contribution < 1.29 is 18.3 Å². The minimum absolute atomic E-state index is 0.250. The number of thiazole rings is 1. The summed E-state index contributed by atoms with van der Waals surface area (Å²) < 4.78 is 29.1. The predicted molar refractivity (Wildman–Crippen MR) is 79.1 cm³/mol. The number of ether oxygens (including phenoxy) is 1. The molecular formula is C14H15F2N3O2S. The van der Waals surface area contributed by atoms with Crippen molar-refractivity contribution in [2.75, 3.05) is 6.61 Å². The number of halogens is 2. The predicted octanol–water partition coefficient (Wildman–Crippen LogP) is 2.18. The smallest absolute Gasteiger partial charge is 0.272 e. The van der Waals surface area contributed by atoms with Crippen LogP contribution in [-0.2, 0) is 13.1 Å². The Morgan fingerprint density at radius 3 is 2.95 bits per heavy atom. The van der Waals surface area contributed by atoms with Gasteiger partial charge >= 0.3 is 0 Å². The normalized spacial score (nSPS) is 10.7. The molecule has 3 N–H and O–H groups in total. The first-order valence-electron chi connectivity index (χ1n) is 6.51. The highest BCUT2D eigenvalue weighted by molar-refractivity contribution is 7.09. The lowest BCUT2D eigenvalue weighted by atomic mass is 10.2. The van der Waals surface area contributed by atoms with Crippen molar-refractivity contribution in [2.24, 2.45) is 5.73 Å². The summed E-state index contributed by atoms with van der Waals surface area (Å²) in [5.41, 5.74) is 6.50. The van der Waals surface area contributed by atoms with Gasteiger partial charge in [-0.1, -0.05) is 12.1 Å². The van der Waals surface area contributed by atoms with Crippen LogP contribution in [0.4, 0.5) is 8.78 Å². The molecule has 0 aliphatic carbocycles. The summed E-state index contributed by atoms with van der Waals surface area (Å²) >= 11 is 1.32. The van der Waals surface area contributed by atoms with Gasteiger partial charge in [0.2, 0.25) is 0 Å². The lowest BCUT2D eigenvalue weighted by Gasteiger charge is -2.08. The molecule has 8 heteroatoms. The van der Waals surface area contributed by atoms with Gasteiger partial charge in [0.25, 0.3) is 12.3 Å². The Hall–Kier alpha value is -2.06. The Kier molecular flexibility index (Phi) is 5.79. The van der Waals surface area contributed by atoms with Gasteiger partial charge in [0.05, 0.1) is 0 Å². The minimum atomic E-state index is -2.52. The number of amides is 1. The van der Waals surface area contributed by atoms with Crippen LogP contribution in [0.15, 0.2) is 29.6 Å². The molecule has 0 fully saturated rings. The average molecular weight is 327 g/mol. The molecule has 0 bridgehead atoms. The molecule has 22 heavy (non-hydrogen) atoms. The van der Waals surface area contributed by atoms with Crippen molar-refractivity contribution >= 4 is 17.2 Å². The lowest BCUT2D eigenvalue weighted by molar-refractivity contribution is 0.0818. The molecule has 1 heterocycles. The Bertz CT molecular complexity index is 634. The third-order valence-electron chi connectivity index (χ3n) is 2.69. The van der Waals surface area contributed by atoms with E-state index < -0.39 is 13.0 Å². The molecular weight excluding hydrogens is 312 g/mol. The van der Waals surface area contributed by atoms with Crippen molar-refractivity contribution in [1.82, 2.24) is 10.3 Å². The van der Waals surface area contributed by atoms with Gasteiger partial charge in [0.1, 0.15) is 23.1 Å². The lowest BCUT2D eigenvalue weighted by Crippen LogP contribution is -2.23. The molecule has 1 amide bonds. The summed E-state index contributed by atoms with van der Waals surface area (Å²) in [5, 5.41) is 5.03. The summed E-state index contributed by atoms with van der Waals surface area (Å²) in [6.45, 7) is -0.113. The number of carbonyl (C=O) groups is 1. The van der Waals surface area contributed by atoms with Crippen LogP contribution in [0.25, 0.3) is 0 Å². The quantitative estimate of drug-likeness (QED) is 0.817. The monoisotopic (exact) mass is 327 g/mol. The number of benzene rings is 1. The largest absolute Gasteiger partial charge is 0.488 e. The van der Waals surface area contributed by atoms with E-state index in [1.165, 1.54) is 11.3 Å². The van der Waals surface area contributed by atoms with Gasteiger partial charge in [0.15, 0.2) is 0 Å². The zero-order valence-corrected chi connectivity index (χ0v) is 12.4. The molecule has 0 atom stereocenters. The molecule has 1 aromatic carbocycles. The van der Waals surface area contributed by atoms with Gasteiger partial charge in [-0.15, -0.1) is 11.3 Å². The summed E-state index contributed by atoms with van der Waals surface area (Å²) in [4.78, 5) is 16.0. The van der Waals surface area contributed by atoms with E-state index in [2.05, 4.69) is 10.3 Å². The summed E-state index contributed by atoms with van der Waals surface area (Å²) in [6.07, 6.45) is -2.52. The van der Waals surface area contributed by atoms with Crippen molar-refractivity contribution in [3.8, 4) is 5.75 Å². The van der Waals surface area contributed by atoms with E-state index in [0.29, 0.717) is 23.0 Å².